The second kappa shape index (κ2) is 9.25. The van der Waals surface area contributed by atoms with Crippen LogP contribution in [0.25, 0.3) is 22.8 Å². The van der Waals surface area contributed by atoms with Gasteiger partial charge in [0.2, 0.25) is 11.7 Å². The van der Waals surface area contributed by atoms with Crippen molar-refractivity contribution in [3.8, 4) is 22.8 Å². The molecule has 5 rings (SSSR count). The maximum absolute atomic E-state index is 13.8. The van der Waals surface area contributed by atoms with Gasteiger partial charge < -0.3 is 14.9 Å². The third-order valence-electron chi connectivity index (χ3n) is 6.95. The number of hydrogen-bond acceptors (Lipinski definition) is 5. The van der Waals surface area contributed by atoms with Crippen molar-refractivity contribution in [2.24, 2.45) is 5.92 Å². The molecule has 3 aromatic rings. The molecule has 2 aliphatic rings. The lowest BCUT2D eigenvalue weighted by atomic mass is 9.82. The predicted octanol–water partition coefficient (Wildman–Crippen LogP) is 5.82. The zero-order valence-corrected chi connectivity index (χ0v) is 18.7. The van der Waals surface area contributed by atoms with Crippen LogP contribution in [0.5, 0.6) is 0 Å². The highest BCUT2D eigenvalue weighted by Crippen LogP contribution is 2.42. The molecule has 0 amide bonds. The Morgan fingerprint density at radius 1 is 1.09 bits per heavy atom. The fourth-order valence-electron chi connectivity index (χ4n) is 5.14. The smallest absolute Gasteiger partial charge is 0.303 e. The molecule has 1 aromatic heterocycles. The molecule has 2 aromatic carbocycles. The lowest BCUT2D eigenvalue weighted by molar-refractivity contribution is -0.137. The number of halogens is 2. The van der Waals surface area contributed by atoms with Crippen LogP contribution in [0.15, 0.2) is 53.1 Å². The Balaban J connectivity index is 1.25. The summed E-state index contributed by atoms with van der Waals surface area (Å²) in [6, 6.07) is 15.5. The number of nitrogens with zero attached hydrogens (tertiary/aromatic N) is 2. The maximum Gasteiger partial charge on any atom is 0.303 e. The van der Waals surface area contributed by atoms with E-state index >= 15 is 0 Å². The van der Waals surface area contributed by atoms with E-state index < -0.39 is 11.9 Å². The van der Waals surface area contributed by atoms with Crippen LogP contribution in [0, 0.1) is 5.92 Å². The molecule has 2 fully saturated rings. The first-order chi connectivity index (χ1) is 16.4. The van der Waals surface area contributed by atoms with E-state index in [1.54, 1.807) is 0 Å². The van der Waals surface area contributed by atoms with Gasteiger partial charge in [-0.25, -0.2) is 8.78 Å². The van der Waals surface area contributed by atoms with Crippen molar-refractivity contribution < 1.29 is 23.2 Å². The molecule has 1 aliphatic heterocycles. The lowest BCUT2D eigenvalue weighted by Gasteiger charge is -2.29. The fourth-order valence-corrected chi connectivity index (χ4v) is 5.14. The van der Waals surface area contributed by atoms with Gasteiger partial charge in [-0.2, -0.15) is 4.98 Å². The fraction of sp³-hybridized carbons (Fsp3) is 0.423. The highest BCUT2D eigenvalue weighted by Gasteiger charge is 2.36. The summed E-state index contributed by atoms with van der Waals surface area (Å²) in [6.07, 6.45) is 2.20. The molecule has 0 radical (unpaired) electrons. The zero-order chi connectivity index (χ0) is 23.7. The molecule has 1 saturated heterocycles. The topological polar surface area (TPSA) is 88.2 Å². The third-order valence-corrected chi connectivity index (χ3v) is 6.95. The van der Waals surface area contributed by atoms with Gasteiger partial charge >= 0.3 is 5.97 Å². The molecule has 178 valence electrons. The van der Waals surface area contributed by atoms with E-state index in [-0.39, 0.29) is 37.1 Å². The molecule has 0 bridgehead atoms. The van der Waals surface area contributed by atoms with Crippen LogP contribution < -0.4 is 5.32 Å². The highest BCUT2D eigenvalue weighted by molar-refractivity contribution is 5.67. The number of aromatic nitrogens is 2. The summed E-state index contributed by atoms with van der Waals surface area (Å²) in [7, 11) is 0. The molecule has 0 spiro atoms. The van der Waals surface area contributed by atoms with Gasteiger partial charge in [0.25, 0.3) is 5.89 Å². The van der Waals surface area contributed by atoms with Gasteiger partial charge in [-0.3, -0.25) is 4.79 Å². The molecule has 1 aliphatic carbocycles. The molecule has 8 heteroatoms. The normalized spacial score (nSPS) is 24.2. The quantitative estimate of drug-likeness (QED) is 0.475. The predicted molar refractivity (Wildman–Crippen MR) is 122 cm³/mol. The van der Waals surface area contributed by atoms with Crippen LogP contribution in [-0.4, -0.2) is 33.7 Å². The van der Waals surface area contributed by atoms with Crippen molar-refractivity contribution in [2.75, 3.05) is 6.54 Å². The summed E-state index contributed by atoms with van der Waals surface area (Å²) < 4.78 is 33.0. The number of rotatable bonds is 6. The number of carbonyl (C=O) groups is 1. The van der Waals surface area contributed by atoms with Crippen molar-refractivity contribution in [1.82, 2.24) is 15.5 Å². The van der Waals surface area contributed by atoms with Crippen LogP contribution in [0.3, 0.4) is 0 Å². The first-order valence-corrected chi connectivity index (χ1v) is 11.7. The van der Waals surface area contributed by atoms with E-state index in [9.17, 15) is 13.6 Å². The minimum atomic E-state index is -2.58. The number of carboxylic acids is 1. The van der Waals surface area contributed by atoms with E-state index in [0.29, 0.717) is 24.7 Å². The summed E-state index contributed by atoms with van der Waals surface area (Å²) >= 11 is 0. The number of nitrogens with one attached hydrogen (secondary N) is 1. The molecule has 34 heavy (non-hydrogen) atoms. The lowest BCUT2D eigenvalue weighted by Crippen LogP contribution is -2.24. The minimum absolute atomic E-state index is 0.0181. The Morgan fingerprint density at radius 3 is 2.50 bits per heavy atom. The highest BCUT2D eigenvalue weighted by atomic mass is 19.3. The van der Waals surface area contributed by atoms with Crippen molar-refractivity contribution in [3.05, 3.63) is 59.7 Å². The van der Waals surface area contributed by atoms with Gasteiger partial charge in [-0.05, 0) is 60.9 Å². The zero-order valence-electron chi connectivity index (χ0n) is 18.7. The monoisotopic (exact) mass is 467 g/mol. The van der Waals surface area contributed by atoms with Gasteiger partial charge in [0.05, 0.1) is 0 Å². The van der Waals surface area contributed by atoms with Gasteiger partial charge in [-0.15, -0.1) is 0 Å². The van der Waals surface area contributed by atoms with E-state index in [1.165, 1.54) is 0 Å². The summed E-state index contributed by atoms with van der Waals surface area (Å²) in [4.78, 5) is 15.4. The van der Waals surface area contributed by atoms with Crippen molar-refractivity contribution >= 4 is 5.97 Å². The Morgan fingerprint density at radius 2 is 1.79 bits per heavy atom. The molecule has 2 heterocycles. The Hall–Kier alpha value is -3.13. The summed E-state index contributed by atoms with van der Waals surface area (Å²) in [5.41, 5.74) is 3.59. The van der Waals surface area contributed by atoms with Crippen LogP contribution in [-0.2, 0) is 4.79 Å². The van der Waals surface area contributed by atoms with Crippen molar-refractivity contribution in [3.63, 3.8) is 0 Å². The summed E-state index contributed by atoms with van der Waals surface area (Å²) in [5, 5.41) is 16.5. The largest absolute Gasteiger partial charge is 0.481 e. The second-order valence-electron chi connectivity index (χ2n) is 9.48. The molecule has 3 unspecified atom stereocenters. The van der Waals surface area contributed by atoms with Crippen molar-refractivity contribution in [2.45, 2.75) is 56.4 Å². The number of hydrogen-bond donors (Lipinski definition) is 2. The number of aliphatic carboxylic acids is 1. The Bertz CT molecular complexity index is 1140. The van der Waals surface area contributed by atoms with Crippen LogP contribution in [0.4, 0.5) is 8.78 Å². The maximum atomic E-state index is 13.8. The molecule has 2 N–H and O–H groups in total. The van der Waals surface area contributed by atoms with Gasteiger partial charge in [0, 0.05) is 36.4 Å². The first-order valence-electron chi connectivity index (χ1n) is 11.7. The number of benzene rings is 2. The van der Waals surface area contributed by atoms with E-state index in [2.05, 4.69) is 15.5 Å². The first kappa shape index (κ1) is 22.7. The number of alkyl halides is 2. The molecular weight excluding hydrogens is 440 g/mol. The van der Waals surface area contributed by atoms with Crippen LogP contribution in [0.1, 0.15) is 61.6 Å². The van der Waals surface area contributed by atoms with E-state index in [4.69, 9.17) is 9.63 Å². The van der Waals surface area contributed by atoms with Gasteiger partial charge in [0.15, 0.2) is 0 Å². The molecule has 6 nitrogen and oxygen atoms in total. The number of carboxylic acid groups (broad SMARTS) is 1. The average molecular weight is 468 g/mol. The Labute approximate surface area is 196 Å². The third kappa shape index (κ3) is 5.01. The van der Waals surface area contributed by atoms with Gasteiger partial charge in [-0.1, -0.05) is 41.6 Å². The molecular formula is C26H27F2N3O3. The standard InChI is InChI=1S/C26H27F2N3O3/c27-26(28)11-1-2-21(14-26)17-3-9-20(10-4-17)25-30-24(31-34-25)19-7-5-18(6-8-19)22-12-16(15-29-22)13-23(32)33/h3-10,16,21-22,29H,1-2,11-15H2,(H,32,33). The van der Waals surface area contributed by atoms with E-state index in [0.717, 1.165) is 35.1 Å². The second-order valence-corrected chi connectivity index (χ2v) is 9.48. The van der Waals surface area contributed by atoms with Crippen molar-refractivity contribution in [1.29, 1.82) is 0 Å². The Kier molecular flexibility index (Phi) is 6.16. The molecule has 1 saturated carbocycles. The van der Waals surface area contributed by atoms with Crippen LogP contribution >= 0.6 is 0 Å². The SMILES string of the molecule is O=C(O)CC1CNC(c2ccc(-c3noc(-c4ccc(C5CCCC(F)(F)C5)cc4)n3)cc2)C1. The van der Waals surface area contributed by atoms with E-state index in [1.807, 2.05) is 48.5 Å². The van der Waals surface area contributed by atoms with Crippen LogP contribution in [0.2, 0.25) is 0 Å². The average Bonchev–Trinajstić information content (AvgIpc) is 3.49. The molecule has 3 atom stereocenters. The minimum Gasteiger partial charge on any atom is -0.481 e. The van der Waals surface area contributed by atoms with Gasteiger partial charge in [0.1, 0.15) is 0 Å². The summed E-state index contributed by atoms with van der Waals surface area (Å²) in [6.45, 7) is 0.703. The summed E-state index contributed by atoms with van der Waals surface area (Å²) in [5.74, 6) is -2.46.